The number of carbonyl (C=O) groups excluding carboxylic acids is 1. The third-order valence-corrected chi connectivity index (χ3v) is 2.29. The fourth-order valence-corrected chi connectivity index (χ4v) is 1.49. The average molecular weight is 189 g/mol. The molecule has 0 rings (SSSR count). The zero-order valence-electron chi connectivity index (χ0n) is 7.55. The first-order chi connectivity index (χ1) is 5.70. The number of ether oxygens (including phenoxy) is 1. The summed E-state index contributed by atoms with van der Waals surface area (Å²) >= 11 is 1.43. The van der Waals surface area contributed by atoms with Crippen LogP contribution in [0.25, 0.3) is 0 Å². The van der Waals surface area contributed by atoms with Gasteiger partial charge in [-0.15, -0.1) is 11.8 Å². The van der Waals surface area contributed by atoms with Gasteiger partial charge in [0.2, 0.25) is 0 Å². The van der Waals surface area contributed by atoms with E-state index >= 15 is 0 Å². The summed E-state index contributed by atoms with van der Waals surface area (Å²) in [4.78, 5) is 10.7. The zero-order chi connectivity index (χ0) is 9.40. The molecule has 3 nitrogen and oxygen atoms in total. The van der Waals surface area contributed by atoms with Crippen LogP contribution in [0, 0.1) is 5.41 Å². The lowest BCUT2D eigenvalue weighted by Crippen LogP contribution is -2.05. The molecule has 1 N–H and O–H groups in total. The van der Waals surface area contributed by atoms with Gasteiger partial charge in [0.05, 0.1) is 18.6 Å². The van der Waals surface area contributed by atoms with E-state index in [1.165, 1.54) is 18.9 Å². The Morgan fingerprint density at radius 2 is 2.25 bits per heavy atom. The second kappa shape index (κ2) is 7.16. The molecular formula is C8H15NO2S. The van der Waals surface area contributed by atoms with Crippen LogP contribution < -0.4 is 0 Å². The van der Waals surface area contributed by atoms with Gasteiger partial charge in [-0.3, -0.25) is 10.2 Å². The fraction of sp³-hybridized carbons (Fsp3) is 0.750. The lowest BCUT2D eigenvalue weighted by Gasteiger charge is -2.00. The summed E-state index contributed by atoms with van der Waals surface area (Å²) in [5.74, 6) is 0.593. The molecule has 0 aromatic rings. The summed E-state index contributed by atoms with van der Waals surface area (Å²) in [5, 5.41) is 7.76. The molecule has 4 heteroatoms. The molecule has 0 aromatic heterocycles. The van der Waals surface area contributed by atoms with E-state index in [1.807, 2.05) is 0 Å². The van der Waals surface area contributed by atoms with Crippen LogP contribution in [0.4, 0.5) is 0 Å². The maximum atomic E-state index is 10.7. The van der Waals surface area contributed by atoms with Crippen LogP contribution in [-0.2, 0) is 9.53 Å². The van der Waals surface area contributed by atoms with E-state index in [4.69, 9.17) is 5.41 Å². The molecule has 0 aliphatic carbocycles. The molecule has 0 saturated heterocycles. The van der Waals surface area contributed by atoms with Crippen molar-refractivity contribution >= 4 is 22.8 Å². The van der Waals surface area contributed by atoms with Crippen molar-refractivity contribution in [3.8, 4) is 0 Å². The molecule has 0 unspecified atom stereocenters. The molecule has 0 spiro atoms. The molecule has 0 aliphatic heterocycles. The summed E-state index contributed by atoms with van der Waals surface area (Å²) in [6.45, 7) is 2.10. The Hall–Kier alpha value is -0.510. The molecule has 0 radical (unpaired) electrons. The number of rotatable bonds is 5. The third-order valence-electron chi connectivity index (χ3n) is 1.31. The molecule has 12 heavy (non-hydrogen) atoms. The van der Waals surface area contributed by atoms with Crippen LogP contribution in [-0.4, -0.2) is 23.9 Å². The van der Waals surface area contributed by atoms with E-state index < -0.39 is 0 Å². The monoisotopic (exact) mass is 189 g/mol. The second-order valence-corrected chi connectivity index (χ2v) is 3.57. The number of nitrogens with one attached hydrogen (secondary N) is 1. The maximum absolute atomic E-state index is 10.7. The number of unbranched alkanes of at least 4 members (excludes halogenated alkanes) is 1. The van der Waals surface area contributed by atoms with Gasteiger partial charge in [0.1, 0.15) is 0 Å². The highest BCUT2D eigenvalue weighted by Gasteiger charge is 2.05. The summed E-state index contributed by atoms with van der Waals surface area (Å²) in [5.41, 5.74) is 0. The molecule has 0 aromatic carbocycles. The quantitative estimate of drug-likeness (QED) is 0.312. The van der Waals surface area contributed by atoms with Crippen LogP contribution in [0.1, 0.15) is 26.2 Å². The van der Waals surface area contributed by atoms with Crippen molar-refractivity contribution in [2.45, 2.75) is 26.2 Å². The molecule has 0 heterocycles. The number of carbonyl (C=O) groups is 1. The SMILES string of the molecule is CCCCSC(=N)CC(=O)OC. The molecule has 0 fully saturated rings. The first-order valence-corrected chi connectivity index (χ1v) is 4.96. The minimum absolute atomic E-state index is 0.116. The maximum Gasteiger partial charge on any atom is 0.312 e. The lowest BCUT2D eigenvalue weighted by atomic mass is 10.4. The van der Waals surface area contributed by atoms with Crippen molar-refractivity contribution in [3.63, 3.8) is 0 Å². The van der Waals surface area contributed by atoms with Gasteiger partial charge < -0.3 is 4.74 Å². The van der Waals surface area contributed by atoms with Gasteiger partial charge in [-0.2, -0.15) is 0 Å². The smallest absolute Gasteiger partial charge is 0.312 e. The van der Waals surface area contributed by atoms with Gasteiger partial charge in [-0.05, 0) is 12.2 Å². The Morgan fingerprint density at radius 1 is 1.58 bits per heavy atom. The number of esters is 1. The summed E-state index contributed by atoms with van der Waals surface area (Å²) in [7, 11) is 1.34. The Kier molecular flexibility index (Phi) is 6.85. The second-order valence-electron chi connectivity index (χ2n) is 2.38. The highest BCUT2D eigenvalue weighted by Crippen LogP contribution is 2.09. The third kappa shape index (κ3) is 6.22. The van der Waals surface area contributed by atoms with E-state index in [9.17, 15) is 4.79 Å². The molecule has 0 bridgehead atoms. The Balaban J connectivity index is 3.40. The Morgan fingerprint density at radius 3 is 2.75 bits per heavy atom. The van der Waals surface area contributed by atoms with Gasteiger partial charge >= 0.3 is 5.97 Å². The van der Waals surface area contributed by atoms with Gasteiger partial charge in [0.15, 0.2) is 0 Å². The van der Waals surface area contributed by atoms with E-state index in [2.05, 4.69) is 11.7 Å². The zero-order valence-corrected chi connectivity index (χ0v) is 8.37. The van der Waals surface area contributed by atoms with E-state index in [0.717, 1.165) is 18.6 Å². The van der Waals surface area contributed by atoms with Gasteiger partial charge in [0.25, 0.3) is 0 Å². The highest BCUT2D eigenvalue weighted by atomic mass is 32.2. The minimum atomic E-state index is -0.330. The Labute approximate surface area is 77.4 Å². The van der Waals surface area contributed by atoms with Crippen LogP contribution in [0.15, 0.2) is 0 Å². The van der Waals surface area contributed by atoms with Crippen molar-refractivity contribution in [2.75, 3.05) is 12.9 Å². The number of hydrogen-bond acceptors (Lipinski definition) is 4. The van der Waals surface area contributed by atoms with Crippen LogP contribution >= 0.6 is 11.8 Å². The lowest BCUT2D eigenvalue weighted by molar-refractivity contribution is -0.139. The van der Waals surface area contributed by atoms with Crippen molar-refractivity contribution < 1.29 is 9.53 Å². The van der Waals surface area contributed by atoms with Crippen molar-refractivity contribution in [3.05, 3.63) is 0 Å². The first kappa shape index (κ1) is 11.5. The average Bonchev–Trinajstić information content (AvgIpc) is 2.05. The predicted molar refractivity (Wildman–Crippen MR) is 51.7 cm³/mol. The first-order valence-electron chi connectivity index (χ1n) is 3.97. The minimum Gasteiger partial charge on any atom is -0.469 e. The van der Waals surface area contributed by atoms with Crippen LogP contribution in [0.3, 0.4) is 0 Å². The molecule has 0 atom stereocenters. The van der Waals surface area contributed by atoms with Crippen molar-refractivity contribution in [1.82, 2.24) is 0 Å². The topological polar surface area (TPSA) is 50.2 Å². The van der Waals surface area contributed by atoms with Gasteiger partial charge in [0, 0.05) is 0 Å². The largest absolute Gasteiger partial charge is 0.469 e. The summed E-state index contributed by atoms with van der Waals surface area (Å²) in [6, 6.07) is 0. The molecule has 0 amide bonds. The van der Waals surface area contributed by atoms with Crippen molar-refractivity contribution in [2.24, 2.45) is 0 Å². The number of thioether (sulfide) groups is 1. The fourth-order valence-electron chi connectivity index (χ4n) is 0.594. The summed E-state index contributed by atoms with van der Waals surface area (Å²) in [6.07, 6.45) is 2.33. The number of hydrogen-bond donors (Lipinski definition) is 1. The van der Waals surface area contributed by atoms with E-state index in [0.29, 0.717) is 5.04 Å². The van der Waals surface area contributed by atoms with E-state index in [-0.39, 0.29) is 12.4 Å². The molecule has 0 aliphatic rings. The van der Waals surface area contributed by atoms with Crippen LogP contribution in [0.2, 0.25) is 0 Å². The molecule has 70 valence electrons. The Bertz CT molecular complexity index is 159. The van der Waals surface area contributed by atoms with Crippen molar-refractivity contribution in [1.29, 1.82) is 5.41 Å². The van der Waals surface area contributed by atoms with Gasteiger partial charge in [-0.25, -0.2) is 0 Å². The van der Waals surface area contributed by atoms with E-state index in [1.54, 1.807) is 0 Å². The standard InChI is InChI=1S/C8H15NO2S/c1-3-4-5-12-7(9)6-8(10)11-2/h9H,3-6H2,1-2H3. The highest BCUT2D eigenvalue weighted by molar-refractivity contribution is 8.13. The van der Waals surface area contributed by atoms with Crippen LogP contribution in [0.5, 0.6) is 0 Å². The predicted octanol–water partition coefficient (Wildman–Crippen LogP) is 2.06. The molecule has 0 saturated carbocycles. The normalized spacial score (nSPS) is 9.50. The van der Waals surface area contributed by atoms with Gasteiger partial charge in [-0.1, -0.05) is 13.3 Å². The molecular weight excluding hydrogens is 174 g/mol. The number of methoxy groups -OCH3 is 1. The summed E-state index contributed by atoms with van der Waals surface area (Å²) < 4.78 is 4.43.